The Kier molecular flexibility index (Phi) is 3.90. The van der Waals surface area contributed by atoms with Crippen LogP contribution in [0.4, 0.5) is 11.4 Å². The Balaban J connectivity index is 1.80. The molecule has 1 aliphatic heterocycles. The molecule has 25 heavy (non-hydrogen) atoms. The van der Waals surface area contributed by atoms with Gasteiger partial charge in [-0.15, -0.1) is 0 Å². The number of hydrogen-bond donors (Lipinski definition) is 1. The van der Waals surface area contributed by atoms with E-state index < -0.39 is 0 Å². The van der Waals surface area contributed by atoms with Gasteiger partial charge in [0.25, 0.3) is 5.91 Å². The minimum absolute atomic E-state index is 0.0570. The Bertz CT molecular complexity index is 943. The number of carbonyl (C=O) groups is 1. The molecule has 3 aromatic rings. The first kappa shape index (κ1) is 15.7. The highest BCUT2D eigenvalue weighted by atomic mass is 35.5. The number of anilines is 2. The molecule has 2 aromatic carbocycles. The number of nitrogens with one attached hydrogen (secondary N) is 1. The van der Waals surface area contributed by atoms with Crippen LogP contribution >= 0.6 is 11.6 Å². The van der Waals surface area contributed by atoms with Crippen LogP contribution in [0.15, 0.2) is 66.9 Å². The zero-order valence-electron chi connectivity index (χ0n) is 13.6. The number of pyridine rings is 1. The van der Waals surface area contributed by atoms with Crippen molar-refractivity contribution in [1.82, 2.24) is 4.98 Å². The van der Waals surface area contributed by atoms with E-state index in [0.29, 0.717) is 10.6 Å². The lowest BCUT2D eigenvalue weighted by Gasteiger charge is -2.27. The van der Waals surface area contributed by atoms with Gasteiger partial charge >= 0.3 is 0 Å². The molecular formula is C20H16ClN3O. The van der Waals surface area contributed by atoms with E-state index in [0.717, 1.165) is 22.6 Å². The first-order chi connectivity index (χ1) is 12.1. The highest BCUT2D eigenvalue weighted by Crippen LogP contribution is 2.37. The van der Waals surface area contributed by atoms with Crippen molar-refractivity contribution >= 4 is 28.9 Å². The summed E-state index contributed by atoms with van der Waals surface area (Å²) in [4.78, 5) is 19.2. The molecule has 5 heteroatoms. The van der Waals surface area contributed by atoms with Crippen molar-refractivity contribution < 1.29 is 4.79 Å². The minimum atomic E-state index is -0.369. The molecule has 2 heterocycles. The lowest BCUT2D eigenvalue weighted by Crippen LogP contribution is -2.32. The molecule has 0 saturated heterocycles. The Morgan fingerprint density at radius 3 is 2.64 bits per heavy atom. The maximum Gasteiger partial charge on any atom is 0.262 e. The largest absolute Gasteiger partial charge is 0.360 e. The fourth-order valence-electron chi connectivity index (χ4n) is 3.11. The Labute approximate surface area is 151 Å². The zero-order chi connectivity index (χ0) is 17.4. The molecule has 1 unspecified atom stereocenters. The lowest BCUT2D eigenvalue weighted by atomic mass is 10.1. The molecule has 1 atom stereocenters. The summed E-state index contributed by atoms with van der Waals surface area (Å²) < 4.78 is 0. The maximum absolute atomic E-state index is 13.0. The first-order valence-corrected chi connectivity index (χ1v) is 8.39. The fourth-order valence-corrected chi connectivity index (χ4v) is 3.34. The number of aryl methyl sites for hydroxylation is 1. The third kappa shape index (κ3) is 2.75. The maximum atomic E-state index is 13.0. The predicted molar refractivity (Wildman–Crippen MR) is 100 cm³/mol. The summed E-state index contributed by atoms with van der Waals surface area (Å²) in [6.45, 7) is 1.98. The predicted octanol–water partition coefficient (Wildman–Crippen LogP) is 4.81. The van der Waals surface area contributed by atoms with Crippen LogP contribution in [-0.2, 0) is 0 Å². The van der Waals surface area contributed by atoms with Crippen molar-refractivity contribution in [3.05, 3.63) is 88.7 Å². The van der Waals surface area contributed by atoms with Gasteiger partial charge in [-0.1, -0.05) is 29.8 Å². The van der Waals surface area contributed by atoms with Gasteiger partial charge in [-0.3, -0.25) is 14.7 Å². The summed E-state index contributed by atoms with van der Waals surface area (Å²) in [5.74, 6) is -0.0570. The Morgan fingerprint density at radius 1 is 1.08 bits per heavy atom. The summed E-state index contributed by atoms with van der Waals surface area (Å²) in [5.41, 5.74) is 4.11. The third-order valence-electron chi connectivity index (χ3n) is 4.32. The number of fused-ring (bicyclic) bond motifs is 1. The van der Waals surface area contributed by atoms with Crippen molar-refractivity contribution in [1.29, 1.82) is 0 Å². The molecule has 1 aliphatic rings. The number of rotatable bonds is 3. The quantitative estimate of drug-likeness (QED) is 0.737. The second-order valence-electron chi connectivity index (χ2n) is 5.95. The zero-order valence-corrected chi connectivity index (χ0v) is 14.4. The molecule has 0 spiro atoms. The monoisotopic (exact) mass is 349 g/mol. The van der Waals surface area contributed by atoms with Crippen LogP contribution in [0.5, 0.6) is 0 Å². The molecule has 4 rings (SSSR count). The summed E-state index contributed by atoms with van der Waals surface area (Å²) in [6, 6.07) is 18.9. The number of carbonyl (C=O) groups excluding carboxylic acids is 1. The Morgan fingerprint density at radius 2 is 1.88 bits per heavy atom. The van der Waals surface area contributed by atoms with Gasteiger partial charge in [0.2, 0.25) is 0 Å². The molecule has 1 aromatic heterocycles. The number of benzene rings is 2. The van der Waals surface area contributed by atoms with Crippen LogP contribution in [0.2, 0.25) is 5.02 Å². The number of nitrogens with zero attached hydrogens (tertiary/aromatic N) is 2. The molecule has 1 N–H and O–H groups in total. The summed E-state index contributed by atoms with van der Waals surface area (Å²) in [5, 5.41) is 4.14. The normalized spacial score (nSPS) is 16.0. The van der Waals surface area contributed by atoms with Gasteiger partial charge in [0.1, 0.15) is 0 Å². The molecule has 0 saturated carbocycles. The standard InChI is InChI=1S/C20H16ClN3O/c1-13-12-14(21)9-10-17(13)23-19-18-16(8-5-11-22-18)20(25)24(19)15-6-3-2-4-7-15/h2-12,19,23H,1H3. The first-order valence-electron chi connectivity index (χ1n) is 8.01. The van der Waals surface area contributed by atoms with Crippen LogP contribution in [-0.4, -0.2) is 10.9 Å². The number of para-hydroxylation sites is 1. The molecular weight excluding hydrogens is 334 g/mol. The van der Waals surface area contributed by atoms with Gasteiger partial charge in [0.05, 0.1) is 11.3 Å². The van der Waals surface area contributed by atoms with Crippen molar-refractivity contribution in [2.75, 3.05) is 10.2 Å². The number of amides is 1. The van der Waals surface area contributed by atoms with E-state index in [1.54, 1.807) is 17.2 Å². The van der Waals surface area contributed by atoms with Crippen LogP contribution in [0.3, 0.4) is 0 Å². The van der Waals surface area contributed by atoms with Crippen LogP contribution in [0, 0.1) is 6.92 Å². The van der Waals surface area contributed by atoms with Gasteiger partial charge in [-0.25, -0.2) is 0 Å². The highest BCUT2D eigenvalue weighted by Gasteiger charge is 2.39. The number of hydrogen-bond acceptors (Lipinski definition) is 3. The van der Waals surface area contributed by atoms with Crippen molar-refractivity contribution in [3.63, 3.8) is 0 Å². The highest BCUT2D eigenvalue weighted by molar-refractivity contribution is 6.30. The van der Waals surface area contributed by atoms with Gasteiger partial charge in [-0.05, 0) is 55.0 Å². The summed E-state index contributed by atoms with van der Waals surface area (Å²) >= 11 is 6.06. The van der Waals surface area contributed by atoms with Crippen molar-refractivity contribution in [3.8, 4) is 0 Å². The van der Waals surface area contributed by atoms with E-state index in [9.17, 15) is 4.79 Å². The van der Waals surface area contributed by atoms with Gasteiger partial charge < -0.3 is 5.32 Å². The van der Waals surface area contributed by atoms with Crippen LogP contribution < -0.4 is 10.2 Å². The van der Waals surface area contributed by atoms with E-state index >= 15 is 0 Å². The van der Waals surface area contributed by atoms with Crippen molar-refractivity contribution in [2.45, 2.75) is 13.1 Å². The van der Waals surface area contributed by atoms with Gasteiger partial charge in [-0.2, -0.15) is 0 Å². The third-order valence-corrected chi connectivity index (χ3v) is 4.56. The average Bonchev–Trinajstić information content (AvgIpc) is 2.91. The van der Waals surface area contributed by atoms with E-state index in [1.165, 1.54) is 0 Å². The number of aromatic nitrogens is 1. The topological polar surface area (TPSA) is 45.2 Å². The number of halogens is 1. The molecule has 4 nitrogen and oxygen atoms in total. The molecule has 0 bridgehead atoms. The average molecular weight is 350 g/mol. The fraction of sp³-hybridized carbons (Fsp3) is 0.100. The van der Waals surface area contributed by atoms with Gasteiger partial charge in [0.15, 0.2) is 6.17 Å². The van der Waals surface area contributed by atoms with Crippen LogP contribution in [0.1, 0.15) is 27.8 Å². The molecule has 0 aliphatic carbocycles. The lowest BCUT2D eigenvalue weighted by molar-refractivity contribution is 0.0993. The second kappa shape index (κ2) is 6.22. The second-order valence-corrected chi connectivity index (χ2v) is 6.39. The molecule has 0 fully saturated rings. The molecule has 0 radical (unpaired) electrons. The van der Waals surface area contributed by atoms with E-state index in [4.69, 9.17) is 11.6 Å². The van der Waals surface area contributed by atoms with E-state index in [-0.39, 0.29) is 12.1 Å². The molecule has 124 valence electrons. The van der Waals surface area contributed by atoms with E-state index in [2.05, 4.69) is 10.3 Å². The minimum Gasteiger partial charge on any atom is -0.360 e. The van der Waals surface area contributed by atoms with Gasteiger partial charge in [0, 0.05) is 22.6 Å². The summed E-state index contributed by atoms with van der Waals surface area (Å²) in [7, 11) is 0. The van der Waals surface area contributed by atoms with Crippen molar-refractivity contribution in [2.24, 2.45) is 0 Å². The Hall–Kier alpha value is -2.85. The molecule has 1 amide bonds. The van der Waals surface area contributed by atoms with E-state index in [1.807, 2.05) is 61.5 Å². The SMILES string of the molecule is Cc1cc(Cl)ccc1NC1c2ncccc2C(=O)N1c1ccccc1. The van der Waals surface area contributed by atoms with Crippen LogP contribution in [0.25, 0.3) is 0 Å². The smallest absolute Gasteiger partial charge is 0.262 e. The summed E-state index contributed by atoms with van der Waals surface area (Å²) in [6.07, 6.45) is 1.34.